The van der Waals surface area contributed by atoms with Crippen LogP contribution < -0.4 is 0 Å². The van der Waals surface area contributed by atoms with Gasteiger partial charge in [0.2, 0.25) is 0 Å². The first-order valence-corrected chi connectivity index (χ1v) is 7.65. The third kappa shape index (κ3) is 7.05. The molecule has 0 N–H and O–H groups in total. The van der Waals surface area contributed by atoms with Crippen LogP contribution in [0.3, 0.4) is 0 Å². The van der Waals surface area contributed by atoms with E-state index >= 15 is 0 Å². The third-order valence-electron chi connectivity index (χ3n) is 2.94. The molecule has 0 spiro atoms. The predicted octanol–water partition coefficient (Wildman–Crippen LogP) is 5.35. The Morgan fingerprint density at radius 1 is 0.688 bits per heavy atom. The molecule has 0 aliphatic rings. The van der Waals surface area contributed by atoms with Gasteiger partial charge in [-0.3, -0.25) is 0 Å². The van der Waals surface area contributed by atoms with Crippen LogP contribution >= 0.6 is 15.9 Å². The quantitative estimate of drug-likeness (QED) is 0.423. The Labute approximate surface area is 109 Å². The van der Waals surface area contributed by atoms with Gasteiger partial charge in [0.15, 0.2) is 0 Å². The number of hydrogen-bond acceptors (Lipinski definition) is 0. The molecule has 0 amide bonds. The normalized spacial score (nSPS) is 10.6. The molecule has 0 unspecified atom stereocenters. The summed E-state index contributed by atoms with van der Waals surface area (Å²) in [6.45, 7) is 0. The van der Waals surface area contributed by atoms with Gasteiger partial charge in [-0.05, 0) is 24.8 Å². The second-order valence-corrected chi connectivity index (χ2v) is 5.19. The van der Waals surface area contributed by atoms with Crippen molar-refractivity contribution in [1.29, 1.82) is 0 Å². The molecule has 16 heavy (non-hydrogen) atoms. The average Bonchev–Trinajstić information content (AvgIpc) is 2.34. The van der Waals surface area contributed by atoms with Crippen LogP contribution in [0.5, 0.6) is 0 Å². The zero-order chi connectivity index (χ0) is 11.5. The molecule has 0 aliphatic carbocycles. The van der Waals surface area contributed by atoms with E-state index in [1.165, 1.54) is 62.3 Å². The fraction of sp³-hybridized carbons (Fsp3) is 0.600. The summed E-state index contributed by atoms with van der Waals surface area (Å²) in [6, 6.07) is 10.8. The molecule has 0 aromatic heterocycles. The highest BCUT2D eigenvalue weighted by molar-refractivity contribution is 9.09. The molecule has 1 aromatic rings. The van der Waals surface area contributed by atoms with Crippen LogP contribution in [0.4, 0.5) is 0 Å². The number of benzene rings is 1. The second-order valence-electron chi connectivity index (χ2n) is 4.40. The number of unbranched alkanes of at least 4 members (excludes halogenated alkanes) is 6. The molecule has 1 rings (SSSR count). The molecular weight excluding hydrogens is 260 g/mol. The van der Waals surface area contributed by atoms with Crippen molar-refractivity contribution in [3.8, 4) is 0 Å². The van der Waals surface area contributed by atoms with Crippen molar-refractivity contribution in [2.75, 3.05) is 5.33 Å². The lowest BCUT2D eigenvalue weighted by atomic mass is 10.0. The molecule has 90 valence electrons. The standard InChI is InChI=1S/C15H23Br/c16-14-10-5-3-1-2-4-7-11-15-12-8-6-9-13-15/h6,8-9,12-13H,1-5,7,10-11,14H2. The SMILES string of the molecule is BrCCCCCCCCCc1ccccc1. The Bertz CT molecular complexity index is 243. The van der Waals surface area contributed by atoms with Crippen molar-refractivity contribution in [2.45, 2.75) is 51.4 Å². The van der Waals surface area contributed by atoms with Crippen LogP contribution in [0, 0.1) is 0 Å². The highest BCUT2D eigenvalue weighted by atomic mass is 79.9. The zero-order valence-electron chi connectivity index (χ0n) is 10.1. The number of alkyl halides is 1. The summed E-state index contributed by atoms with van der Waals surface area (Å²) in [5.74, 6) is 0. The lowest BCUT2D eigenvalue weighted by molar-refractivity contribution is 0.591. The Balaban J connectivity index is 1.89. The van der Waals surface area contributed by atoms with E-state index in [9.17, 15) is 0 Å². The molecule has 0 fully saturated rings. The van der Waals surface area contributed by atoms with E-state index in [0.717, 1.165) is 0 Å². The van der Waals surface area contributed by atoms with E-state index in [-0.39, 0.29) is 0 Å². The van der Waals surface area contributed by atoms with Gasteiger partial charge >= 0.3 is 0 Å². The minimum Gasteiger partial charge on any atom is -0.0928 e. The van der Waals surface area contributed by atoms with Crippen molar-refractivity contribution >= 4 is 15.9 Å². The van der Waals surface area contributed by atoms with Crippen LogP contribution in [-0.4, -0.2) is 5.33 Å². The smallest absolute Gasteiger partial charge is 0.00313 e. The molecule has 0 radical (unpaired) electrons. The van der Waals surface area contributed by atoms with Gasteiger partial charge in [-0.15, -0.1) is 0 Å². The van der Waals surface area contributed by atoms with E-state index in [4.69, 9.17) is 0 Å². The van der Waals surface area contributed by atoms with Gasteiger partial charge in [0.25, 0.3) is 0 Å². The summed E-state index contributed by atoms with van der Waals surface area (Å²) in [5.41, 5.74) is 1.49. The summed E-state index contributed by atoms with van der Waals surface area (Å²) in [6.07, 6.45) is 11.0. The topological polar surface area (TPSA) is 0 Å². The van der Waals surface area contributed by atoms with Gasteiger partial charge in [0, 0.05) is 5.33 Å². The maximum Gasteiger partial charge on any atom is 0.00313 e. The largest absolute Gasteiger partial charge is 0.0928 e. The first-order valence-electron chi connectivity index (χ1n) is 6.53. The van der Waals surface area contributed by atoms with Crippen molar-refractivity contribution in [1.82, 2.24) is 0 Å². The maximum atomic E-state index is 3.47. The summed E-state index contributed by atoms with van der Waals surface area (Å²) in [7, 11) is 0. The number of rotatable bonds is 9. The minimum absolute atomic E-state index is 1.17. The average molecular weight is 283 g/mol. The summed E-state index contributed by atoms with van der Waals surface area (Å²) in [5, 5.41) is 1.17. The Morgan fingerprint density at radius 2 is 1.25 bits per heavy atom. The first-order chi connectivity index (χ1) is 7.93. The molecule has 0 heterocycles. The maximum absolute atomic E-state index is 3.47. The molecule has 0 atom stereocenters. The van der Waals surface area contributed by atoms with Crippen molar-refractivity contribution < 1.29 is 0 Å². The number of hydrogen-bond donors (Lipinski definition) is 0. The molecule has 0 bridgehead atoms. The van der Waals surface area contributed by atoms with E-state index in [0.29, 0.717) is 0 Å². The summed E-state index contributed by atoms with van der Waals surface area (Å²) >= 11 is 3.47. The Morgan fingerprint density at radius 3 is 1.88 bits per heavy atom. The Kier molecular flexibility index (Phi) is 8.51. The third-order valence-corrected chi connectivity index (χ3v) is 3.50. The molecule has 0 saturated carbocycles. The lowest BCUT2D eigenvalue weighted by Crippen LogP contribution is -1.86. The first kappa shape index (κ1) is 13.8. The van der Waals surface area contributed by atoms with Crippen LogP contribution in [0.2, 0.25) is 0 Å². The fourth-order valence-corrected chi connectivity index (χ4v) is 2.35. The molecule has 0 saturated heterocycles. The zero-order valence-corrected chi connectivity index (χ0v) is 11.7. The highest BCUT2D eigenvalue weighted by Gasteiger charge is 1.93. The summed E-state index contributed by atoms with van der Waals surface area (Å²) < 4.78 is 0. The molecule has 1 heteroatoms. The summed E-state index contributed by atoms with van der Waals surface area (Å²) in [4.78, 5) is 0. The van der Waals surface area contributed by atoms with Crippen LogP contribution in [0.1, 0.15) is 50.5 Å². The van der Waals surface area contributed by atoms with Crippen molar-refractivity contribution in [3.05, 3.63) is 35.9 Å². The number of aryl methyl sites for hydroxylation is 1. The molecule has 0 aliphatic heterocycles. The van der Waals surface area contributed by atoms with Crippen LogP contribution in [-0.2, 0) is 6.42 Å². The van der Waals surface area contributed by atoms with Crippen LogP contribution in [0.25, 0.3) is 0 Å². The van der Waals surface area contributed by atoms with Gasteiger partial charge in [-0.25, -0.2) is 0 Å². The number of halogens is 1. The molecule has 0 nitrogen and oxygen atoms in total. The van der Waals surface area contributed by atoms with Crippen LogP contribution in [0.15, 0.2) is 30.3 Å². The van der Waals surface area contributed by atoms with E-state index in [1.54, 1.807) is 0 Å². The van der Waals surface area contributed by atoms with Gasteiger partial charge in [-0.1, -0.05) is 78.4 Å². The molecule has 1 aromatic carbocycles. The van der Waals surface area contributed by atoms with E-state index in [1.807, 2.05) is 0 Å². The van der Waals surface area contributed by atoms with E-state index < -0.39 is 0 Å². The van der Waals surface area contributed by atoms with Gasteiger partial charge in [-0.2, -0.15) is 0 Å². The van der Waals surface area contributed by atoms with Gasteiger partial charge in [0.05, 0.1) is 0 Å². The van der Waals surface area contributed by atoms with E-state index in [2.05, 4.69) is 46.3 Å². The van der Waals surface area contributed by atoms with Crippen molar-refractivity contribution in [3.63, 3.8) is 0 Å². The monoisotopic (exact) mass is 282 g/mol. The fourth-order valence-electron chi connectivity index (χ4n) is 1.95. The highest BCUT2D eigenvalue weighted by Crippen LogP contribution is 2.10. The Hall–Kier alpha value is -0.300. The van der Waals surface area contributed by atoms with Gasteiger partial charge < -0.3 is 0 Å². The minimum atomic E-state index is 1.17. The van der Waals surface area contributed by atoms with Gasteiger partial charge in [0.1, 0.15) is 0 Å². The lowest BCUT2D eigenvalue weighted by Gasteiger charge is -2.02. The molecular formula is C15H23Br. The predicted molar refractivity (Wildman–Crippen MR) is 76.3 cm³/mol. The van der Waals surface area contributed by atoms with Crippen molar-refractivity contribution in [2.24, 2.45) is 0 Å². The second kappa shape index (κ2) is 9.89.